The fourth-order valence-electron chi connectivity index (χ4n) is 3.11. The molecule has 1 saturated heterocycles. The van der Waals surface area contributed by atoms with Crippen LogP contribution in [0.15, 0.2) is 53.2 Å². The highest BCUT2D eigenvalue weighted by Gasteiger charge is 2.26. The molecule has 24 heavy (non-hydrogen) atoms. The Morgan fingerprint density at radius 3 is 2.88 bits per heavy atom. The zero-order valence-corrected chi connectivity index (χ0v) is 13.4. The Labute approximate surface area is 139 Å². The quantitative estimate of drug-likeness (QED) is 0.726. The highest BCUT2D eigenvalue weighted by Crippen LogP contribution is 2.25. The summed E-state index contributed by atoms with van der Waals surface area (Å²) in [6, 6.07) is 11.4. The number of amides is 1. The van der Waals surface area contributed by atoms with Crippen LogP contribution in [0.2, 0.25) is 0 Å². The topological polar surface area (TPSA) is 55.6 Å². The van der Waals surface area contributed by atoms with Gasteiger partial charge in [-0.3, -0.25) is 9.78 Å². The van der Waals surface area contributed by atoms with Crippen molar-refractivity contribution in [1.29, 1.82) is 0 Å². The molecule has 4 rings (SSSR count). The Bertz CT molecular complexity index is 873. The molecular weight excluding hydrogens is 304 g/mol. The zero-order chi connectivity index (χ0) is 16.5. The Morgan fingerprint density at radius 2 is 2.04 bits per heavy atom. The van der Waals surface area contributed by atoms with E-state index in [-0.39, 0.29) is 12.0 Å². The minimum Gasteiger partial charge on any atom is -0.461 e. The van der Waals surface area contributed by atoms with Gasteiger partial charge in [0, 0.05) is 29.9 Å². The number of furan rings is 1. The van der Waals surface area contributed by atoms with E-state index in [1.807, 2.05) is 48.2 Å². The average molecular weight is 322 g/mol. The Balaban J connectivity index is 1.56. The van der Waals surface area contributed by atoms with E-state index >= 15 is 0 Å². The molecule has 1 atom stereocenters. The van der Waals surface area contributed by atoms with Crippen molar-refractivity contribution in [3.05, 3.63) is 65.7 Å². The van der Waals surface area contributed by atoms with E-state index in [1.54, 1.807) is 12.4 Å². The minimum atomic E-state index is -0.106. The fourth-order valence-corrected chi connectivity index (χ4v) is 3.11. The van der Waals surface area contributed by atoms with Gasteiger partial charge in [-0.25, -0.2) is 0 Å². The standard InChI is InChI=1S/C19H18N2O3/c1-13-10-16-11-15(2-3-17(16)24-13)19(22)21-8-9-23-18(12-21)14-4-6-20-7-5-14/h2-7,10-11,18H,8-9,12H2,1H3/t18-/m1/s1. The highest BCUT2D eigenvalue weighted by molar-refractivity contribution is 5.98. The van der Waals surface area contributed by atoms with E-state index in [4.69, 9.17) is 9.15 Å². The molecule has 0 bridgehead atoms. The molecule has 0 unspecified atom stereocenters. The minimum absolute atomic E-state index is 0.0260. The van der Waals surface area contributed by atoms with Gasteiger partial charge in [0.25, 0.3) is 5.91 Å². The summed E-state index contributed by atoms with van der Waals surface area (Å²) in [4.78, 5) is 18.7. The SMILES string of the molecule is Cc1cc2cc(C(=O)N3CCO[C@@H](c4ccncc4)C3)ccc2o1. The van der Waals surface area contributed by atoms with Crippen LogP contribution in [0.1, 0.15) is 27.8 Å². The molecule has 5 heteroatoms. The molecule has 3 aromatic rings. The van der Waals surface area contributed by atoms with Gasteiger partial charge in [-0.05, 0) is 48.9 Å². The number of fused-ring (bicyclic) bond motifs is 1. The summed E-state index contributed by atoms with van der Waals surface area (Å²) >= 11 is 0. The number of ether oxygens (including phenoxy) is 1. The number of hydrogen-bond acceptors (Lipinski definition) is 4. The van der Waals surface area contributed by atoms with Gasteiger partial charge in [-0.15, -0.1) is 0 Å². The van der Waals surface area contributed by atoms with Gasteiger partial charge in [0.05, 0.1) is 13.2 Å². The van der Waals surface area contributed by atoms with Crippen molar-refractivity contribution in [3.8, 4) is 0 Å². The molecule has 0 saturated carbocycles. The number of morpholine rings is 1. The second-order valence-electron chi connectivity index (χ2n) is 6.00. The molecule has 1 aliphatic heterocycles. The van der Waals surface area contributed by atoms with E-state index in [9.17, 15) is 4.79 Å². The maximum atomic E-state index is 12.9. The third-order valence-corrected chi connectivity index (χ3v) is 4.32. The first-order valence-electron chi connectivity index (χ1n) is 8.02. The number of carbonyl (C=O) groups excluding carboxylic acids is 1. The van der Waals surface area contributed by atoms with Crippen molar-refractivity contribution in [1.82, 2.24) is 9.88 Å². The molecule has 1 aromatic carbocycles. The number of hydrogen-bond donors (Lipinski definition) is 0. The molecule has 0 radical (unpaired) electrons. The van der Waals surface area contributed by atoms with Gasteiger partial charge in [-0.1, -0.05) is 0 Å². The molecule has 3 heterocycles. The third-order valence-electron chi connectivity index (χ3n) is 4.32. The summed E-state index contributed by atoms with van der Waals surface area (Å²) in [5, 5.41) is 0.956. The summed E-state index contributed by atoms with van der Waals surface area (Å²) in [6.45, 7) is 3.59. The van der Waals surface area contributed by atoms with Gasteiger partial charge in [-0.2, -0.15) is 0 Å². The maximum Gasteiger partial charge on any atom is 0.254 e. The van der Waals surface area contributed by atoms with Crippen molar-refractivity contribution in [2.24, 2.45) is 0 Å². The summed E-state index contributed by atoms with van der Waals surface area (Å²) in [5.74, 6) is 0.872. The second kappa shape index (κ2) is 6.09. The molecule has 1 fully saturated rings. The van der Waals surface area contributed by atoms with E-state index in [2.05, 4.69) is 4.98 Å². The number of benzene rings is 1. The lowest BCUT2D eigenvalue weighted by atomic mass is 10.1. The van der Waals surface area contributed by atoms with Crippen molar-refractivity contribution in [2.75, 3.05) is 19.7 Å². The third kappa shape index (κ3) is 2.78. The van der Waals surface area contributed by atoms with Gasteiger partial charge in [0.1, 0.15) is 17.4 Å². The molecule has 122 valence electrons. The number of carbonyl (C=O) groups is 1. The van der Waals surface area contributed by atoms with E-state index in [0.29, 0.717) is 25.3 Å². The monoisotopic (exact) mass is 322 g/mol. The number of aryl methyl sites for hydroxylation is 1. The van der Waals surface area contributed by atoms with Gasteiger partial charge in [0.15, 0.2) is 0 Å². The van der Waals surface area contributed by atoms with Crippen molar-refractivity contribution >= 4 is 16.9 Å². The lowest BCUT2D eigenvalue weighted by Crippen LogP contribution is -2.42. The first-order valence-corrected chi connectivity index (χ1v) is 8.02. The van der Waals surface area contributed by atoms with Crippen LogP contribution in [-0.2, 0) is 4.74 Å². The normalized spacial score (nSPS) is 18.0. The van der Waals surface area contributed by atoms with Crippen LogP contribution in [0.3, 0.4) is 0 Å². The van der Waals surface area contributed by atoms with E-state index < -0.39 is 0 Å². The highest BCUT2D eigenvalue weighted by atomic mass is 16.5. The van der Waals surface area contributed by atoms with Crippen LogP contribution < -0.4 is 0 Å². The van der Waals surface area contributed by atoms with Crippen LogP contribution in [0, 0.1) is 6.92 Å². The van der Waals surface area contributed by atoms with Crippen molar-refractivity contribution in [3.63, 3.8) is 0 Å². The average Bonchev–Trinajstić information content (AvgIpc) is 3.01. The lowest BCUT2D eigenvalue weighted by molar-refractivity contribution is -0.0228. The Hall–Kier alpha value is -2.66. The fraction of sp³-hybridized carbons (Fsp3) is 0.263. The molecule has 5 nitrogen and oxygen atoms in total. The molecular formula is C19H18N2O3. The number of nitrogens with zero attached hydrogens (tertiary/aromatic N) is 2. The lowest BCUT2D eigenvalue weighted by Gasteiger charge is -2.33. The number of rotatable bonds is 2. The zero-order valence-electron chi connectivity index (χ0n) is 13.4. The predicted molar refractivity (Wildman–Crippen MR) is 89.8 cm³/mol. The van der Waals surface area contributed by atoms with Crippen LogP contribution in [-0.4, -0.2) is 35.5 Å². The maximum absolute atomic E-state index is 12.9. The van der Waals surface area contributed by atoms with E-state index in [1.165, 1.54) is 0 Å². The van der Waals surface area contributed by atoms with Gasteiger partial charge in [0.2, 0.25) is 0 Å². The summed E-state index contributed by atoms with van der Waals surface area (Å²) in [5.41, 5.74) is 2.53. The predicted octanol–water partition coefficient (Wildman–Crippen LogP) is 3.35. The number of aromatic nitrogens is 1. The van der Waals surface area contributed by atoms with Crippen LogP contribution in [0.25, 0.3) is 11.0 Å². The Kier molecular flexibility index (Phi) is 3.78. The Morgan fingerprint density at radius 1 is 1.21 bits per heavy atom. The van der Waals surface area contributed by atoms with Crippen molar-refractivity contribution < 1.29 is 13.9 Å². The van der Waals surface area contributed by atoms with Crippen LogP contribution >= 0.6 is 0 Å². The summed E-state index contributed by atoms with van der Waals surface area (Å²) < 4.78 is 11.4. The summed E-state index contributed by atoms with van der Waals surface area (Å²) in [6.07, 6.45) is 3.38. The van der Waals surface area contributed by atoms with Crippen LogP contribution in [0.4, 0.5) is 0 Å². The van der Waals surface area contributed by atoms with Gasteiger partial charge >= 0.3 is 0 Å². The molecule has 0 N–H and O–H groups in total. The molecule has 1 amide bonds. The van der Waals surface area contributed by atoms with Crippen molar-refractivity contribution in [2.45, 2.75) is 13.0 Å². The van der Waals surface area contributed by atoms with Crippen LogP contribution in [0.5, 0.6) is 0 Å². The molecule has 1 aliphatic rings. The second-order valence-corrected chi connectivity index (χ2v) is 6.00. The first kappa shape index (κ1) is 14.9. The first-order chi connectivity index (χ1) is 11.7. The molecule has 0 aliphatic carbocycles. The largest absolute Gasteiger partial charge is 0.461 e. The summed E-state index contributed by atoms with van der Waals surface area (Å²) in [7, 11) is 0. The van der Waals surface area contributed by atoms with E-state index in [0.717, 1.165) is 22.3 Å². The smallest absolute Gasteiger partial charge is 0.254 e. The van der Waals surface area contributed by atoms with Gasteiger partial charge < -0.3 is 14.1 Å². The molecule has 2 aromatic heterocycles. The molecule has 0 spiro atoms. The number of pyridine rings is 1.